The van der Waals surface area contributed by atoms with E-state index in [9.17, 15) is 33.6 Å². The van der Waals surface area contributed by atoms with Crippen LogP contribution in [-0.2, 0) is 33.6 Å². The molecule has 0 atom stereocenters. The van der Waals surface area contributed by atoms with Crippen molar-refractivity contribution in [1.29, 1.82) is 0 Å². The molecular weight excluding hydrogens is 483 g/mol. The Hall–Kier alpha value is -2.83. The molecule has 0 aromatic carbocycles. The Labute approximate surface area is 213 Å². The average molecular weight is 507 g/mol. The van der Waals surface area contributed by atoms with Crippen molar-refractivity contribution in [3.05, 3.63) is 0 Å². The molecule has 0 aliphatic heterocycles. The van der Waals surface area contributed by atoms with Gasteiger partial charge in [0.2, 0.25) is 0 Å². The van der Waals surface area contributed by atoms with Crippen molar-refractivity contribution in [3.63, 3.8) is 0 Å². The molecule has 17 nitrogen and oxygen atoms in total. The first kappa shape index (κ1) is 35.8. The van der Waals surface area contributed by atoms with E-state index in [0.717, 1.165) is 9.80 Å². The van der Waals surface area contributed by atoms with Gasteiger partial charge in [0.05, 0.1) is 39.0 Å². The summed E-state index contributed by atoms with van der Waals surface area (Å²) in [6.45, 7) is -2.25. The molecule has 0 bridgehead atoms. The SMILES string of the molecule is O=C(O)CC(O)(CC(=O)O)C(=O)O.O=C(O)CN(CCN(CC(=O)O)CC(=O)O)CC(=O)O.[Na]. The van der Waals surface area contributed by atoms with Crippen molar-refractivity contribution in [1.82, 2.24) is 9.80 Å². The normalized spacial score (nSPS) is 10.4. The second-order valence-corrected chi connectivity index (χ2v) is 6.47. The minimum Gasteiger partial charge on any atom is -0.481 e. The van der Waals surface area contributed by atoms with Crippen LogP contribution in [0.5, 0.6) is 0 Å². The monoisotopic (exact) mass is 507 g/mol. The van der Waals surface area contributed by atoms with Crippen LogP contribution in [0.1, 0.15) is 12.8 Å². The zero-order valence-corrected chi connectivity index (χ0v) is 20.0. The van der Waals surface area contributed by atoms with Crippen LogP contribution < -0.4 is 0 Å². The molecule has 0 aromatic rings. The molecule has 0 rings (SSSR count). The summed E-state index contributed by atoms with van der Waals surface area (Å²) in [5.74, 6) is -9.93. The van der Waals surface area contributed by atoms with E-state index in [2.05, 4.69) is 0 Å². The van der Waals surface area contributed by atoms with Crippen LogP contribution in [0.4, 0.5) is 0 Å². The Morgan fingerprint density at radius 1 is 0.500 bits per heavy atom. The number of aliphatic carboxylic acids is 7. The first-order valence-electron chi connectivity index (χ1n) is 8.69. The molecule has 0 heterocycles. The van der Waals surface area contributed by atoms with Gasteiger partial charge in [0.15, 0.2) is 5.60 Å². The largest absolute Gasteiger partial charge is 0.481 e. The molecule has 0 saturated carbocycles. The van der Waals surface area contributed by atoms with Gasteiger partial charge in [-0.1, -0.05) is 0 Å². The summed E-state index contributed by atoms with van der Waals surface area (Å²) >= 11 is 0. The van der Waals surface area contributed by atoms with Crippen LogP contribution in [0.2, 0.25) is 0 Å². The smallest absolute Gasteiger partial charge is 0.336 e. The Bertz CT molecular complexity index is 673. The predicted octanol–water partition coefficient (Wildman–Crippen LogP) is -3.70. The quantitative estimate of drug-likeness (QED) is 0.0932. The van der Waals surface area contributed by atoms with Crippen molar-refractivity contribution in [3.8, 4) is 0 Å². The van der Waals surface area contributed by atoms with Gasteiger partial charge >= 0.3 is 41.8 Å². The molecule has 34 heavy (non-hydrogen) atoms. The van der Waals surface area contributed by atoms with E-state index in [-0.39, 0.29) is 42.6 Å². The molecule has 0 fully saturated rings. The molecular formula is C16H24N2NaO15. The van der Waals surface area contributed by atoms with Gasteiger partial charge in [0, 0.05) is 42.6 Å². The fourth-order valence-corrected chi connectivity index (χ4v) is 2.19. The van der Waals surface area contributed by atoms with E-state index in [1.807, 2.05) is 0 Å². The topological polar surface area (TPSA) is 288 Å². The third-order valence-electron chi connectivity index (χ3n) is 3.45. The molecule has 0 aliphatic rings. The van der Waals surface area contributed by atoms with Gasteiger partial charge in [0.25, 0.3) is 0 Å². The molecule has 8 N–H and O–H groups in total. The summed E-state index contributed by atoms with van der Waals surface area (Å²) in [5.41, 5.74) is -2.74. The summed E-state index contributed by atoms with van der Waals surface area (Å²) in [6.07, 6.45) is -2.29. The van der Waals surface area contributed by atoms with E-state index in [0.29, 0.717) is 0 Å². The van der Waals surface area contributed by atoms with Gasteiger partial charge in [-0.3, -0.25) is 38.6 Å². The second-order valence-electron chi connectivity index (χ2n) is 6.47. The fourth-order valence-electron chi connectivity index (χ4n) is 2.19. The molecule has 0 aromatic heterocycles. The van der Waals surface area contributed by atoms with Crippen molar-refractivity contribution >= 4 is 71.3 Å². The Morgan fingerprint density at radius 3 is 0.882 bits per heavy atom. The number of rotatable bonds is 16. The van der Waals surface area contributed by atoms with Crippen LogP contribution in [-0.4, -0.2) is 167 Å². The number of hydrogen-bond donors (Lipinski definition) is 8. The maximum atomic E-state index is 10.6. The van der Waals surface area contributed by atoms with Crippen LogP contribution in [0.3, 0.4) is 0 Å². The Kier molecular flexibility index (Phi) is 18.5. The number of aliphatic hydroxyl groups is 1. The number of carbonyl (C=O) groups is 7. The molecule has 0 saturated heterocycles. The standard InChI is InChI=1S/C10H16N2O8.C6H8O7.Na/c13-7(14)3-11(4-8(15)16)1-2-12(5-9(17)18)6-10(19)20;7-3(8)1-6(13,5(11)12)2-4(9)10;/h1-6H2,(H,13,14)(H,15,16)(H,17,18)(H,19,20);13H,1-2H2,(H,7,8)(H,9,10)(H,11,12);. The first-order chi connectivity index (χ1) is 15.0. The van der Waals surface area contributed by atoms with Crippen molar-refractivity contribution in [2.75, 3.05) is 39.3 Å². The molecule has 189 valence electrons. The third kappa shape index (κ3) is 19.8. The van der Waals surface area contributed by atoms with Crippen molar-refractivity contribution in [2.24, 2.45) is 0 Å². The zero-order valence-electron chi connectivity index (χ0n) is 18.0. The Balaban J connectivity index is -0.000000598. The molecule has 0 amide bonds. The number of carboxylic acids is 7. The number of hydrogen-bond acceptors (Lipinski definition) is 10. The van der Waals surface area contributed by atoms with E-state index in [4.69, 9.17) is 40.9 Å². The minimum absolute atomic E-state index is 0. The molecule has 18 heteroatoms. The number of nitrogens with zero attached hydrogens (tertiary/aromatic N) is 2. The second kappa shape index (κ2) is 17.6. The van der Waals surface area contributed by atoms with E-state index < -0.39 is 86.4 Å². The van der Waals surface area contributed by atoms with Gasteiger partial charge in [-0.2, -0.15) is 0 Å². The summed E-state index contributed by atoms with van der Waals surface area (Å²) < 4.78 is 0. The molecule has 0 aliphatic carbocycles. The van der Waals surface area contributed by atoms with Crippen LogP contribution in [0.25, 0.3) is 0 Å². The maximum Gasteiger partial charge on any atom is 0.336 e. The fraction of sp³-hybridized carbons (Fsp3) is 0.562. The predicted molar refractivity (Wildman–Crippen MR) is 106 cm³/mol. The summed E-state index contributed by atoms with van der Waals surface area (Å²) in [4.78, 5) is 74.8. The summed E-state index contributed by atoms with van der Waals surface area (Å²) in [7, 11) is 0. The van der Waals surface area contributed by atoms with Gasteiger partial charge in [-0.15, -0.1) is 0 Å². The molecule has 0 spiro atoms. The average Bonchev–Trinajstić information content (AvgIpc) is 2.56. The third-order valence-corrected chi connectivity index (χ3v) is 3.45. The van der Waals surface area contributed by atoms with Crippen molar-refractivity contribution < 1.29 is 74.4 Å². The molecule has 0 unspecified atom stereocenters. The minimum atomic E-state index is -2.74. The van der Waals surface area contributed by atoms with Crippen molar-refractivity contribution in [2.45, 2.75) is 18.4 Å². The van der Waals surface area contributed by atoms with Crippen LogP contribution in [0.15, 0.2) is 0 Å². The van der Waals surface area contributed by atoms with E-state index >= 15 is 0 Å². The zero-order chi connectivity index (χ0) is 26.4. The van der Waals surface area contributed by atoms with Gasteiger partial charge in [-0.25, -0.2) is 4.79 Å². The van der Waals surface area contributed by atoms with Gasteiger partial charge in [0.1, 0.15) is 0 Å². The molecule has 1 radical (unpaired) electrons. The van der Waals surface area contributed by atoms with Gasteiger partial charge < -0.3 is 40.9 Å². The number of carboxylic acid groups (broad SMARTS) is 7. The van der Waals surface area contributed by atoms with Gasteiger partial charge in [-0.05, 0) is 0 Å². The van der Waals surface area contributed by atoms with E-state index in [1.165, 1.54) is 0 Å². The summed E-state index contributed by atoms with van der Waals surface area (Å²) in [6, 6.07) is 0. The first-order valence-corrected chi connectivity index (χ1v) is 8.69. The summed E-state index contributed by atoms with van der Waals surface area (Å²) in [5, 5.41) is 68.3. The van der Waals surface area contributed by atoms with E-state index in [1.54, 1.807) is 0 Å². The maximum absolute atomic E-state index is 10.6. The van der Waals surface area contributed by atoms with Crippen LogP contribution in [0, 0.1) is 0 Å². The van der Waals surface area contributed by atoms with Crippen LogP contribution >= 0.6 is 0 Å². The Morgan fingerprint density at radius 2 is 0.735 bits per heavy atom.